The van der Waals surface area contributed by atoms with Crippen LogP contribution in [0.15, 0.2) is 53.5 Å². The third-order valence-corrected chi connectivity index (χ3v) is 4.83. The fourth-order valence-electron chi connectivity index (χ4n) is 3.29. The van der Waals surface area contributed by atoms with Crippen molar-refractivity contribution < 1.29 is 4.74 Å². The van der Waals surface area contributed by atoms with Gasteiger partial charge in [-0.25, -0.2) is 9.67 Å². The van der Waals surface area contributed by atoms with Crippen LogP contribution in [0.1, 0.15) is 6.42 Å². The molecule has 0 saturated carbocycles. The first-order valence-electron chi connectivity index (χ1n) is 9.18. The van der Waals surface area contributed by atoms with Crippen LogP contribution in [0.4, 0.5) is 11.5 Å². The lowest BCUT2D eigenvalue weighted by Crippen LogP contribution is -2.43. The number of ether oxygens (including phenoxy) is 1. The first-order chi connectivity index (χ1) is 13.2. The zero-order valence-electron chi connectivity index (χ0n) is 15.3. The van der Waals surface area contributed by atoms with E-state index in [9.17, 15) is 4.79 Å². The molecule has 27 heavy (non-hydrogen) atoms. The van der Waals surface area contributed by atoms with Crippen LogP contribution in [0.5, 0.6) is 0 Å². The first-order valence-corrected chi connectivity index (χ1v) is 9.18. The van der Waals surface area contributed by atoms with Crippen LogP contribution in [0.25, 0.3) is 10.9 Å². The van der Waals surface area contributed by atoms with Crippen molar-refractivity contribution in [3.63, 3.8) is 0 Å². The number of rotatable bonds is 5. The summed E-state index contributed by atoms with van der Waals surface area (Å²) < 4.78 is 7.22. The van der Waals surface area contributed by atoms with Crippen molar-refractivity contribution in [3.05, 3.63) is 59.0 Å². The van der Waals surface area contributed by atoms with Gasteiger partial charge in [-0.05, 0) is 24.6 Å². The molecular weight excluding hydrogens is 342 g/mol. The van der Waals surface area contributed by atoms with Gasteiger partial charge in [-0.1, -0.05) is 18.2 Å². The highest BCUT2D eigenvalue weighted by molar-refractivity contribution is 5.80. The lowest BCUT2D eigenvalue weighted by Gasteiger charge is -2.34. The zero-order chi connectivity index (χ0) is 18.6. The molecule has 1 aliphatic rings. The summed E-state index contributed by atoms with van der Waals surface area (Å²) >= 11 is 0. The molecule has 1 aromatic carbocycles. The smallest absolute Gasteiger partial charge is 0.268 e. The highest BCUT2D eigenvalue weighted by Crippen LogP contribution is 2.17. The summed E-state index contributed by atoms with van der Waals surface area (Å²) in [6.07, 6.45) is 2.71. The largest absolute Gasteiger partial charge is 0.374 e. The molecule has 0 aliphatic carbocycles. The Kier molecular flexibility index (Phi) is 5.02. The number of pyridine rings is 1. The summed E-state index contributed by atoms with van der Waals surface area (Å²) in [5.41, 5.74) is 1.75. The number of nitrogens with one attached hydrogen (secondary N) is 1. The minimum atomic E-state index is -0.0976. The predicted molar refractivity (Wildman–Crippen MR) is 106 cm³/mol. The number of morpholine rings is 1. The van der Waals surface area contributed by atoms with Gasteiger partial charge in [0.1, 0.15) is 5.82 Å². The molecule has 3 heterocycles. The van der Waals surface area contributed by atoms with E-state index < -0.39 is 0 Å². The molecule has 1 saturated heterocycles. The Bertz CT molecular complexity index is 987. The molecule has 0 amide bonds. The van der Waals surface area contributed by atoms with Crippen molar-refractivity contribution in [2.45, 2.75) is 12.5 Å². The number of para-hydroxylation sites is 1. The van der Waals surface area contributed by atoms with Gasteiger partial charge in [0, 0.05) is 38.1 Å². The van der Waals surface area contributed by atoms with Crippen LogP contribution in [0, 0.1) is 0 Å². The fraction of sp³-hybridized carbons (Fsp3) is 0.350. The quantitative estimate of drug-likeness (QED) is 0.746. The summed E-state index contributed by atoms with van der Waals surface area (Å²) in [6.45, 7) is 2.94. The normalized spacial score (nSPS) is 17.2. The summed E-state index contributed by atoms with van der Waals surface area (Å²) in [7, 11) is 1.65. The van der Waals surface area contributed by atoms with Crippen LogP contribution in [-0.4, -0.2) is 47.1 Å². The Morgan fingerprint density at radius 3 is 3.04 bits per heavy atom. The topological polar surface area (TPSA) is 72.3 Å². The van der Waals surface area contributed by atoms with Crippen LogP contribution in [0.2, 0.25) is 0 Å². The minimum Gasteiger partial charge on any atom is -0.374 e. The second kappa shape index (κ2) is 7.75. The standard InChI is InChI=1S/C20H23N5O2/c1-24-20(26)12-16(13-22-24)25-10-11-27-17(14-25)8-9-21-19-7-6-15-4-2-3-5-18(15)23-19/h2-7,12-13,17H,8-11,14H2,1H3,(H,21,23). The molecule has 7 heteroatoms. The van der Waals surface area contributed by atoms with Gasteiger partial charge >= 0.3 is 0 Å². The third-order valence-electron chi connectivity index (χ3n) is 4.83. The van der Waals surface area contributed by atoms with E-state index in [1.807, 2.05) is 24.3 Å². The molecule has 3 aromatic rings. The van der Waals surface area contributed by atoms with Gasteiger partial charge in [0.05, 0.1) is 30.1 Å². The number of anilines is 2. The Morgan fingerprint density at radius 1 is 1.26 bits per heavy atom. The van der Waals surface area contributed by atoms with Crippen molar-refractivity contribution in [3.8, 4) is 0 Å². The monoisotopic (exact) mass is 365 g/mol. The van der Waals surface area contributed by atoms with E-state index in [2.05, 4.69) is 32.4 Å². The minimum absolute atomic E-state index is 0.0976. The summed E-state index contributed by atoms with van der Waals surface area (Å²) in [5.74, 6) is 0.872. The van der Waals surface area contributed by atoms with Crippen molar-refractivity contribution >= 4 is 22.4 Å². The number of aryl methyl sites for hydroxylation is 1. The second-order valence-electron chi connectivity index (χ2n) is 6.72. The molecule has 140 valence electrons. The van der Waals surface area contributed by atoms with E-state index in [0.717, 1.165) is 48.5 Å². The highest BCUT2D eigenvalue weighted by atomic mass is 16.5. The summed E-state index contributed by atoms with van der Waals surface area (Å²) in [5, 5.41) is 8.62. The van der Waals surface area contributed by atoms with Gasteiger partial charge in [0.15, 0.2) is 0 Å². The molecule has 1 N–H and O–H groups in total. The Balaban J connectivity index is 1.33. The lowest BCUT2D eigenvalue weighted by molar-refractivity contribution is 0.0374. The Morgan fingerprint density at radius 2 is 2.15 bits per heavy atom. The average molecular weight is 365 g/mol. The molecule has 1 atom stereocenters. The number of aromatic nitrogens is 3. The fourth-order valence-corrected chi connectivity index (χ4v) is 3.29. The van der Waals surface area contributed by atoms with Gasteiger partial charge in [-0.15, -0.1) is 0 Å². The van der Waals surface area contributed by atoms with Crippen LogP contribution < -0.4 is 15.8 Å². The predicted octanol–water partition coefficient (Wildman–Crippen LogP) is 2.04. The van der Waals surface area contributed by atoms with Crippen molar-refractivity contribution in [1.82, 2.24) is 14.8 Å². The molecule has 1 unspecified atom stereocenters. The van der Waals surface area contributed by atoms with E-state index in [4.69, 9.17) is 4.74 Å². The highest BCUT2D eigenvalue weighted by Gasteiger charge is 2.21. The molecule has 0 bridgehead atoms. The molecule has 1 aliphatic heterocycles. The second-order valence-corrected chi connectivity index (χ2v) is 6.72. The Labute approximate surface area is 157 Å². The third kappa shape index (κ3) is 4.09. The Hall–Kier alpha value is -2.93. The summed E-state index contributed by atoms with van der Waals surface area (Å²) in [4.78, 5) is 18.6. The van der Waals surface area contributed by atoms with E-state index in [1.54, 1.807) is 19.3 Å². The number of hydrogen-bond acceptors (Lipinski definition) is 6. The molecule has 0 radical (unpaired) electrons. The lowest BCUT2D eigenvalue weighted by atomic mass is 10.2. The number of nitrogens with zero attached hydrogens (tertiary/aromatic N) is 4. The maximum absolute atomic E-state index is 11.8. The van der Waals surface area contributed by atoms with E-state index in [0.29, 0.717) is 6.61 Å². The molecule has 1 fully saturated rings. The van der Waals surface area contributed by atoms with Gasteiger partial charge in [-0.3, -0.25) is 4.79 Å². The van der Waals surface area contributed by atoms with E-state index >= 15 is 0 Å². The molecule has 7 nitrogen and oxygen atoms in total. The van der Waals surface area contributed by atoms with Crippen molar-refractivity contribution in [1.29, 1.82) is 0 Å². The number of benzene rings is 1. The van der Waals surface area contributed by atoms with Crippen molar-refractivity contribution in [2.75, 3.05) is 36.5 Å². The van der Waals surface area contributed by atoms with E-state index in [1.165, 1.54) is 4.68 Å². The van der Waals surface area contributed by atoms with Crippen LogP contribution in [-0.2, 0) is 11.8 Å². The van der Waals surface area contributed by atoms with Gasteiger partial charge in [-0.2, -0.15) is 5.10 Å². The average Bonchev–Trinajstić information content (AvgIpc) is 2.70. The van der Waals surface area contributed by atoms with Gasteiger partial charge in [0.25, 0.3) is 5.56 Å². The van der Waals surface area contributed by atoms with Gasteiger partial charge in [0.2, 0.25) is 0 Å². The molecular formula is C20H23N5O2. The first kappa shape index (κ1) is 17.5. The van der Waals surface area contributed by atoms with E-state index in [-0.39, 0.29) is 11.7 Å². The zero-order valence-corrected chi connectivity index (χ0v) is 15.3. The molecule has 4 rings (SSSR count). The van der Waals surface area contributed by atoms with Crippen LogP contribution in [0.3, 0.4) is 0 Å². The molecule has 2 aromatic heterocycles. The van der Waals surface area contributed by atoms with Crippen LogP contribution >= 0.6 is 0 Å². The number of fused-ring (bicyclic) bond motifs is 1. The SMILES string of the molecule is Cn1ncc(N2CCOC(CCNc3ccc4ccccc4n3)C2)cc1=O. The maximum Gasteiger partial charge on any atom is 0.268 e. The van der Waals surface area contributed by atoms with Gasteiger partial charge < -0.3 is 15.0 Å². The number of hydrogen-bond donors (Lipinski definition) is 1. The molecule has 0 spiro atoms. The maximum atomic E-state index is 11.8. The summed E-state index contributed by atoms with van der Waals surface area (Å²) in [6, 6.07) is 13.8. The van der Waals surface area contributed by atoms with Crippen molar-refractivity contribution in [2.24, 2.45) is 7.05 Å².